The third kappa shape index (κ3) is 4.31. The maximum Gasteiger partial charge on any atom is 0.123 e. The van der Waals surface area contributed by atoms with Crippen molar-refractivity contribution >= 4 is 43.2 Å². The molecule has 0 aliphatic heterocycles. The Morgan fingerprint density at radius 3 is 2.58 bits per heavy atom. The fourth-order valence-electron chi connectivity index (χ4n) is 1.92. The lowest BCUT2D eigenvalue weighted by molar-refractivity contribution is 0.312. The minimum absolute atomic E-state index is 0.859. The molecule has 0 atom stereocenters. The van der Waals surface area contributed by atoms with Crippen LogP contribution >= 0.6 is 43.2 Å². The van der Waals surface area contributed by atoms with Crippen LogP contribution in [0.1, 0.15) is 10.4 Å². The van der Waals surface area contributed by atoms with Crippen LogP contribution in [0.25, 0.3) is 0 Å². The van der Waals surface area contributed by atoms with E-state index in [1.807, 2.05) is 12.1 Å². The van der Waals surface area contributed by atoms with E-state index in [2.05, 4.69) is 61.3 Å². The van der Waals surface area contributed by atoms with Gasteiger partial charge in [0.2, 0.25) is 0 Å². The summed E-state index contributed by atoms with van der Waals surface area (Å²) in [5.41, 5.74) is 1.19. The highest BCUT2D eigenvalue weighted by molar-refractivity contribution is 9.10. The average molecular weight is 405 g/mol. The zero-order valence-corrected chi connectivity index (χ0v) is 14.8. The van der Waals surface area contributed by atoms with E-state index in [1.165, 1.54) is 10.4 Å². The second kappa shape index (κ2) is 6.88. The van der Waals surface area contributed by atoms with Gasteiger partial charge in [0.1, 0.15) is 5.75 Å². The van der Waals surface area contributed by atoms with Crippen LogP contribution in [0, 0.1) is 0 Å². The summed E-state index contributed by atoms with van der Waals surface area (Å²) >= 11 is 8.77. The molecule has 0 aliphatic rings. The van der Waals surface area contributed by atoms with Crippen molar-refractivity contribution in [2.45, 2.75) is 13.1 Å². The first kappa shape index (κ1) is 15.0. The Kier molecular flexibility index (Phi) is 5.45. The Morgan fingerprint density at radius 2 is 1.95 bits per heavy atom. The lowest BCUT2D eigenvalue weighted by atomic mass is 10.2. The first-order valence-electron chi connectivity index (χ1n) is 5.82. The molecule has 19 heavy (non-hydrogen) atoms. The quantitative estimate of drug-likeness (QED) is 0.701. The van der Waals surface area contributed by atoms with Crippen molar-refractivity contribution in [2.24, 2.45) is 0 Å². The first-order valence-corrected chi connectivity index (χ1v) is 8.29. The smallest absolute Gasteiger partial charge is 0.123 e. The van der Waals surface area contributed by atoms with Crippen LogP contribution in [0.3, 0.4) is 0 Å². The third-order valence-electron chi connectivity index (χ3n) is 2.73. The van der Waals surface area contributed by atoms with E-state index in [9.17, 15) is 0 Å². The second-order valence-corrected chi connectivity index (χ2v) is 7.19. The lowest BCUT2D eigenvalue weighted by Crippen LogP contribution is -2.17. The minimum Gasteiger partial charge on any atom is -0.496 e. The predicted octanol–water partition coefficient (Wildman–Crippen LogP) is 4.91. The fraction of sp³-hybridized carbons (Fsp3) is 0.286. The molecule has 2 aromatic rings. The number of hydrogen-bond acceptors (Lipinski definition) is 3. The molecule has 2 nitrogen and oxygen atoms in total. The molecule has 0 fully saturated rings. The molecular formula is C14H15Br2NOS. The van der Waals surface area contributed by atoms with Gasteiger partial charge in [-0.15, -0.1) is 11.3 Å². The van der Waals surface area contributed by atoms with Gasteiger partial charge in [0.25, 0.3) is 0 Å². The molecule has 0 amide bonds. The van der Waals surface area contributed by atoms with Gasteiger partial charge >= 0.3 is 0 Å². The Morgan fingerprint density at radius 1 is 1.16 bits per heavy atom. The normalized spacial score (nSPS) is 11.0. The topological polar surface area (TPSA) is 12.5 Å². The SMILES string of the molecule is COc1ccc(Br)cc1CN(C)Cc1cc(Br)cs1. The van der Waals surface area contributed by atoms with Gasteiger partial charge in [-0.2, -0.15) is 0 Å². The summed E-state index contributed by atoms with van der Waals surface area (Å²) in [6.07, 6.45) is 0. The molecule has 0 saturated carbocycles. The molecule has 0 radical (unpaired) electrons. The molecule has 0 spiro atoms. The first-order chi connectivity index (χ1) is 9.08. The predicted molar refractivity (Wildman–Crippen MR) is 87.9 cm³/mol. The fourth-order valence-corrected chi connectivity index (χ4v) is 3.86. The summed E-state index contributed by atoms with van der Waals surface area (Å²) < 4.78 is 7.64. The van der Waals surface area contributed by atoms with Crippen LogP contribution in [0.2, 0.25) is 0 Å². The van der Waals surface area contributed by atoms with E-state index in [4.69, 9.17) is 4.74 Å². The molecule has 0 saturated heterocycles. The van der Waals surface area contributed by atoms with E-state index in [0.717, 1.165) is 27.8 Å². The average Bonchev–Trinajstić information content (AvgIpc) is 2.75. The van der Waals surface area contributed by atoms with E-state index < -0.39 is 0 Å². The lowest BCUT2D eigenvalue weighted by Gasteiger charge is -2.18. The second-order valence-electron chi connectivity index (χ2n) is 4.36. The number of halogens is 2. The standard InChI is InChI=1S/C14H15Br2NOS/c1-17(8-13-6-12(16)9-19-13)7-10-5-11(15)3-4-14(10)18-2/h3-6,9H,7-8H2,1-2H3. The van der Waals surface area contributed by atoms with Gasteiger partial charge in [0.15, 0.2) is 0 Å². The molecule has 102 valence electrons. The highest BCUT2D eigenvalue weighted by Gasteiger charge is 2.08. The number of methoxy groups -OCH3 is 1. The van der Waals surface area contributed by atoms with Gasteiger partial charge < -0.3 is 4.74 Å². The Hall–Kier alpha value is -0.360. The van der Waals surface area contributed by atoms with Crippen LogP contribution < -0.4 is 4.74 Å². The summed E-state index contributed by atoms with van der Waals surface area (Å²) in [5.74, 6) is 0.933. The Labute approximate surface area is 134 Å². The number of nitrogens with zero attached hydrogens (tertiary/aromatic N) is 1. The maximum atomic E-state index is 5.40. The molecule has 0 bridgehead atoms. The van der Waals surface area contributed by atoms with Crippen LogP contribution in [-0.2, 0) is 13.1 Å². The zero-order chi connectivity index (χ0) is 13.8. The summed E-state index contributed by atoms with van der Waals surface area (Å²) in [5, 5.41) is 2.11. The van der Waals surface area contributed by atoms with E-state index in [-0.39, 0.29) is 0 Å². The number of hydrogen-bond donors (Lipinski definition) is 0. The summed E-state index contributed by atoms with van der Waals surface area (Å²) in [6.45, 7) is 1.80. The molecule has 0 N–H and O–H groups in total. The highest BCUT2D eigenvalue weighted by atomic mass is 79.9. The molecule has 2 rings (SSSR count). The van der Waals surface area contributed by atoms with Gasteiger partial charge in [0, 0.05) is 37.9 Å². The monoisotopic (exact) mass is 403 g/mol. The van der Waals surface area contributed by atoms with Crippen molar-refractivity contribution in [2.75, 3.05) is 14.2 Å². The molecule has 1 heterocycles. The number of benzene rings is 1. The van der Waals surface area contributed by atoms with Crippen molar-refractivity contribution in [3.8, 4) is 5.75 Å². The molecular weight excluding hydrogens is 390 g/mol. The van der Waals surface area contributed by atoms with Crippen LogP contribution in [-0.4, -0.2) is 19.1 Å². The van der Waals surface area contributed by atoms with Gasteiger partial charge in [-0.05, 0) is 47.2 Å². The van der Waals surface area contributed by atoms with Crippen LogP contribution in [0.15, 0.2) is 38.6 Å². The van der Waals surface area contributed by atoms with Gasteiger partial charge in [-0.1, -0.05) is 15.9 Å². The van der Waals surface area contributed by atoms with Crippen molar-refractivity contribution in [3.05, 3.63) is 49.0 Å². The van der Waals surface area contributed by atoms with E-state index >= 15 is 0 Å². The number of thiophene rings is 1. The van der Waals surface area contributed by atoms with Gasteiger partial charge in [-0.25, -0.2) is 0 Å². The largest absolute Gasteiger partial charge is 0.496 e. The number of ether oxygens (including phenoxy) is 1. The van der Waals surface area contributed by atoms with Gasteiger partial charge in [0.05, 0.1) is 7.11 Å². The minimum atomic E-state index is 0.859. The van der Waals surface area contributed by atoms with Crippen LogP contribution in [0.4, 0.5) is 0 Å². The van der Waals surface area contributed by atoms with Gasteiger partial charge in [-0.3, -0.25) is 4.90 Å². The molecule has 1 aromatic heterocycles. The van der Waals surface area contributed by atoms with Crippen molar-refractivity contribution in [1.29, 1.82) is 0 Å². The number of rotatable bonds is 5. The van der Waals surface area contributed by atoms with E-state index in [0.29, 0.717) is 0 Å². The molecule has 0 aliphatic carbocycles. The van der Waals surface area contributed by atoms with Crippen molar-refractivity contribution in [3.63, 3.8) is 0 Å². The molecule has 1 aromatic carbocycles. The molecule has 5 heteroatoms. The summed E-state index contributed by atoms with van der Waals surface area (Å²) in [7, 11) is 3.83. The summed E-state index contributed by atoms with van der Waals surface area (Å²) in [4.78, 5) is 3.63. The third-order valence-corrected chi connectivity index (χ3v) is 4.91. The Balaban J connectivity index is 2.05. The molecule has 0 unspecified atom stereocenters. The Bertz CT molecular complexity index is 556. The van der Waals surface area contributed by atoms with Crippen LogP contribution in [0.5, 0.6) is 5.75 Å². The summed E-state index contributed by atoms with van der Waals surface area (Å²) in [6, 6.07) is 8.27. The van der Waals surface area contributed by atoms with Crippen molar-refractivity contribution in [1.82, 2.24) is 4.90 Å². The van der Waals surface area contributed by atoms with E-state index in [1.54, 1.807) is 18.4 Å². The highest BCUT2D eigenvalue weighted by Crippen LogP contribution is 2.26. The van der Waals surface area contributed by atoms with Crippen molar-refractivity contribution < 1.29 is 4.74 Å². The maximum absolute atomic E-state index is 5.40. The zero-order valence-electron chi connectivity index (χ0n) is 10.8.